The minimum atomic E-state index is -0.577. The van der Waals surface area contributed by atoms with Gasteiger partial charge in [0, 0.05) is 24.3 Å². The molecule has 0 spiro atoms. The van der Waals surface area contributed by atoms with Crippen molar-refractivity contribution in [2.75, 3.05) is 11.9 Å². The zero-order valence-electron chi connectivity index (χ0n) is 14.5. The highest BCUT2D eigenvalue weighted by Crippen LogP contribution is 2.10. The molecule has 0 radical (unpaired) electrons. The van der Waals surface area contributed by atoms with Crippen LogP contribution >= 0.6 is 11.3 Å². The number of nitrogens with zero attached hydrogens (tertiary/aromatic N) is 4. The van der Waals surface area contributed by atoms with Crippen LogP contribution in [0.3, 0.4) is 0 Å². The lowest BCUT2D eigenvalue weighted by atomic mass is 10.1. The van der Waals surface area contributed by atoms with Gasteiger partial charge < -0.3 is 5.32 Å². The van der Waals surface area contributed by atoms with E-state index in [0.29, 0.717) is 17.6 Å². The zero-order chi connectivity index (χ0) is 18.8. The van der Waals surface area contributed by atoms with Crippen LogP contribution in [-0.2, 0) is 6.42 Å². The van der Waals surface area contributed by atoms with E-state index in [2.05, 4.69) is 50.4 Å². The highest BCUT2D eigenvalue weighted by atomic mass is 32.1. The van der Waals surface area contributed by atoms with E-state index in [4.69, 9.17) is 0 Å². The van der Waals surface area contributed by atoms with Crippen molar-refractivity contribution in [3.63, 3.8) is 0 Å². The molecule has 1 aromatic carbocycles. The van der Waals surface area contributed by atoms with E-state index in [1.54, 1.807) is 5.38 Å². The lowest BCUT2D eigenvalue weighted by molar-refractivity contribution is 0.881. The first kappa shape index (κ1) is 17.1. The second kappa shape index (κ2) is 7.12. The third-order valence-electron chi connectivity index (χ3n) is 4.04. The van der Waals surface area contributed by atoms with Crippen LogP contribution in [0.15, 0.2) is 51.6 Å². The van der Waals surface area contributed by atoms with Crippen LogP contribution < -0.4 is 16.6 Å². The Balaban J connectivity index is 1.58. The monoisotopic (exact) mass is 380 g/mol. The van der Waals surface area contributed by atoms with Gasteiger partial charge in [0.05, 0.1) is 0 Å². The van der Waals surface area contributed by atoms with E-state index in [1.165, 1.54) is 34.9 Å². The molecule has 0 aliphatic heterocycles. The normalized spacial score (nSPS) is 11.0. The van der Waals surface area contributed by atoms with Crippen molar-refractivity contribution in [1.82, 2.24) is 24.5 Å². The van der Waals surface area contributed by atoms with Crippen LogP contribution in [0.2, 0.25) is 0 Å². The molecule has 0 saturated heterocycles. The Hall–Kier alpha value is -3.33. The van der Waals surface area contributed by atoms with E-state index in [0.717, 1.165) is 11.0 Å². The molecule has 0 aliphatic carbocycles. The fourth-order valence-corrected chi connectivity index (χ4v) is 3.41. The van der Waals surface area contributed by atoms with Gasteiger partial charge >= 0.3 is 5.69 Å². The van der Waals surface area contributed by atoms with Crippen LogP contribution in [0.25, 0.3) is 16.2 Å². The molecule has 0 unspecified atom stereocenters. The van der Waals surface area contributed by atoms with Gasteiger partial charge in [0.15, 0.2) is 5.65 Å². The summed E-state index contributed by atoms with van der Waals surface area (Å²) in [5.41, 5.74) is 1.55. The van der Waals surface area contributed by atoms with E-state index >= 15 is 0 Å². The molecule has 27 heavy (non-hydrogen) atoms. The van der Waals surface area contributed by atoms with Crippen molar-refractivity contribution in [3.05, 3.63) is 74.0 Å². The van der Waals surface area contributed by atoms with Crippen molar-refractivity contribution in [3.8, 4) is 5.13 Å². The number of hydrogen-bond donors (Lipinski definition) is 2. The average molecular weight is 380 g/mol. The van der Waals surface area contributed by atoms with E-state index in [9.17, 15) is 9.59 Å². The van der Waals surface area contributed by atoms with Gasteiger partial charge in [-0.05, 0) is 18.9 Å². The highest BCUT2D eigenvalue weighted by molar-refractivity contribution is 7.12. The first-order valence-corrected chi connectivity index (χ1v) is 9.21. The summed E-state index contributed by atoms with van der Waals surface area (Å²) in [5.74, 6) is 0.359. The number of fused-ring (bicyclic) bond motifs is 1. The van der Waals surface area contributed by atoms with E-state index in [1.807, 2.05) is 6.07 Å². The Labute approximate surface area is 157 Å². The van der Waals surface area contributed by atoms with Crippen molar-refractivity contribution in [1.29, 1.82) is 0 Å². The third-order valence-corrected chi connectivity index (χ3v) is 4.80. The molecular weight excluding hydrogens is 364 g/mol. The van der Waals surface area contributed by atoms with Gasteiger partial charge in [0.25, 0.3) is 5.56 Å². The average Bonchev–Trinajstić information content (AvgIpc) is 3.16. The molecule has 0 bridgehead atoms. The number of nitrogens with one attached hydrogen (secondary N) is 2. The second-order valence-corrected chi connectivity index (χ2v) is 6.88. The molecule has 4 rings (SSSR count). The fourth-order valence-electron chi connectivity index (χ4n) is 2.78. The van der Waals surface area contributed by atoms with Crippen molar-refractivity contribution in [2.24, 2.45) is 0 Å². The van der Waals surface area contributed by atoms with Crippen LogP contribution in [0.4, 0.5) is 5.95 Å². The molecule has 0 atom stereocenters. The van der Waals surface area contributed by atoms with E-state index in [-0.39, 0.29) is 11.0 Å². The lowest BCUT2D eigenvalue weighted by Crippen LogP contribution is -2.34. The number of hydrogen-bond acceptors (Lipinski definition) is 7. The predicted molar refractivity (Wildman–Crippen MR) is 105 cm³/mol. The summed E-state index contributed by atoms with van der Waals surface area (Å²) in [7, 11) is 0. The summed E-state index contributed by atoms with van der Waals surface area (Å²) in [5, 5.41) is 5.36. The van der Waals surface area contributed by atoms with Gasteiger partial charge in [-0.1, -0.05) is 29.8 Å². The fraction of sp³-hybridized carbons (Fsp3) is 0.167. The minimum Gasteiger partial charge on any atom is -0.354 e. The quantitative estimate of drug-likeness (QED) is 0.548. The number of thiazole rings is 1. The van der Waals surface area contributed by atoms with Gasteiger partial charge in [-0.15, -0.1) is 11.3 Å². The van der Waals surface area contributed by atoms with Crippen molar-refractivity contribution in [2.45, 2.75) is 13.3 Å². The lowest BCUT2D eigenvalue weighted by Gasteiger charge is -2.07. The topological polar surface area (TPSA) is 106 Å². The molecule has 3 heterocycles. The summed E-state index contributed by atoms with van der Waals surface area (Å²) < 4.78 is 0.987. The maximum atomic E-state index is 12.6. The Morgan fingerprint density at radius 2 is 2.15 bits per heavy atom. The number of anilines is 1. The SMILES string of the molecule is Cc1cccc(CCNc2ncc3c(=O)n(-c4nccs4)c(=O)[nH]c3n2)c1. The molecular formula is C18H16N6O2S. The highest BCUT2D eigenvalue weighted by Gasteiger charge is 2.13. The summed E-state index contributed by atoms with van der Waals surface area (Å²) in [4.78, 5) is 40.0. The number of aryl methyl sites for hydroxylation is 1. The molecule has 9 heteroatoms. The molecule has 2 N–H and O–H groups in total. The first-order valence-electron chi connectivity index (χ1n) is 8.33. The Kier molecular flexibility index (Phi) is 4.51. The molecule has 8 nitrogen and oxygen atoms in total. The number of benzene rings is 1. The number of H-pyrrole nitrogens is 1. The third kappa shape index (κ3) is 3.49. The van der Waals surface area contributed by atoms with Crippen LogP contribution in [0.5, 0.6) is 0 Å². The second-order valence-electron chi connectivity index (χ2n) is 6.01. The predicted octanol–water partition coefficient (Wildman–Crippen LogP) is 1.89. The summed E-state index contributed by atoms with van der Waals surface area (Å²) in [6.45, 7) is 2.69. The smallest absolute Gasteiger partial charge is 0.336 e. The molecule has 0 amide bonds. The molecule has 3 aromatic heterocycles. The van der Waals surface area contributed by atoms with Crippen molar-refractivity contribution < 1.29 is 0 Å². The zero-order valence-corrected chi connectivity index (χ0v) is 15.3. The maximum absolute atomic E-state index is 12.6. The van der Waals surface area contributed by atoms with E-state index < -0.39 is 11.2 Å². The number of aromatic amines is 1. The van der Waals surface area contributed by atoms with Crippen LogP contribution in [0.1, 0.15) is 11.1 Å². The molecule has 136 valence electrons. The largest absolute Gasteiger partial charge is 0.354 e. The summed E-state index contributed by atoms with van der Waals surface area (Å²) in [6.07, 6.45) is 3.76. The summed E-state index contributed by atoms with van der Waals surface area (Å²) in [6, 6.07) is 8.27. The first-order chi connectivity index (χ1) is 13.1. The Morgan fingerprint density at radius 1 is 1.26 bits per heavy atom. The summed E-state index contributed by atoms with van der Waals surface area (Å²) >= 11 is 1.20. The molecule has 4 aromatic rings. The minimum absolute atomic E-state index is 0.200. The number of aromatic nitrogens is 5. The maximum Gasteiger partial charge on any atom is 0.336 e. The molecule has 0 aliphatic rings. The van der Waals surface area contributed by atoms with Gasteiger partial charge in [-0.25, -0.2) is 19.3 Å². The molecule has 0 fully saturated rings. The van der Waals surface area contributed by atoms with Gasteiger partial charge in [0.1, 0.15) is 5.39 Å². The Morgan fingerprint density at radius 3 is 2.93 bits per heavy atom. The Bertz CT molecular complexity index is 1210. The van der Waals surface area contributed by atoms with Gasteiger partial charge in [-0.3, -0.25) is 9.78 Å². The van der Waals surface area contributed by atoms with Gasteiger partial charge in [0.2, 0.25) is 11.1 Å². The van der Waals surface area contributed by atoms with Crippen LogP contribution in [-0.4, -0.2) is 31.0 Å². The molecule has 0 saturated carbocycles. The van der Waals surface area contributed by atoms with Crippen LogP contribution in [0, 0.1) is 6.92 Å². The van der Waals surface area contributed by atoms with Gasteiger partial charge in [-0.2, -0.15) is 4.98 Å². The standard InChI is InChI=1S/C18H16N6O2S/c1-11-3-2-4-12(9-11)5-6-19-16-21-10-13-14(22-16)23-17(26)24(15(13)25)18-20-7-8-27-18/h2-4,7-10H,5-6H2,1H3,(H2,19,21,22,23,26). The van der Waals surface area contributed by atoms with Crippen molar-refractivity contribution >= 4 is 28.3 Å². The number of rotatable bonds is 5.